The van der Waals surface area contributed by atoms with Crippen LogP contribution >= 0.6 is 0 Å². The third-order valence-electron chi connectivity index (χ3n) is 14.0. The Balaban J connectivity index is 0.000000211. The minimum Gasteiger partial charge on any atom is -0.0988 e. The summed E-state index contributed by atoms with van der Waals surface area (Å²) >= 11 is 0. The maximum atomic E-state index is 4.40. The van der Waals surface area contributed by atoms with Gasteiger partial charge >= 0.3 is 0 Å². The SMILES string of the molecule is C=C/C(CCC)=C(\C(=C)c1ccccc1C)C(C)CC.C=Cc1c(C)cc2c(c1C=C)-c1ccc(C)cc1C2(C)c1ccccc1.CCC(C)C1=CCCC=C1.Cc1ccccc1.Cc1ccccc1. The van der Waals surface area contributed by atoms with Crippen molar-refractivity contribution in [3.8, 4) is 11.1 Å². The quantitative estimate of drug-likeness (QED) is 0.107. The zero-order chi connectivity index (χ0) is 51.2. The van der Waals surface area contributed by atoms with Crippen molar-refractivity contribution in [1.29, 1.82) is 0 Å². The van der Waals surface area contributed by atoms with Gasteiger partial charge < -0.3 is 0 Å². The van der Waals surface area contributed by atoms with Gasteiger partial charge in [0.05, 0.1) is 0 Å². The lowest BCUT2D eigenvalue weighted by Gasteiger charge is -2.29. The highest BCUT2D eigenvalue weighted by Crippen LogP contribution is 2.55. The first-order valence-electron chi connectivity index (χ1n) is 25.8. The minimum atomic E-state index is -0.167. The van der Waals surface area contributed by atoms with Crippen LogP contribution in [0, 0.1) is 46.5 Å². The molecule has 0 radical (unpaired) electrons. The molecule has 8 rings (SSSR count). The maximum Gasteiger partial charge on any atom is 0.0435 e. The topological polar surface area (TPSA) is 0 Å². The smallest absolute Gasteiger partial charge is 0.0435 e. The van der Waals surface area contributed by atoms with Gasteiger partial charge in [0.25, 0.3) is 0 Å². The molecule has 0 aromatic heterocycles. The third kappa shape index (κ3) is 14.5. The number of fused-ring (bicyclic) bond motifs is 3. The third-order valence-corrected chi connectivity index (χ3v) is 14.0. The van der Waals surface area contributed by atoms with Gasteiger partial charge in [0, 0.05) is 5.41 Å². The van der Waals surface area contributed by atoms with Crippen molar-refractivity contribution in [3.05, 3.63) is 268 Å². The number of allylic oxidation sites excluding steroid dienone is 8. The molecule has 0 saturated heterocycles. The number of benzene rings is 6. The Morgan fingerprint density at radius 2 is 1.19 bits per heavy atom. The fraction of sp³-hybridized carbons (Fsp3) is 0.286. The Kier molecular flexibility index (Phi) is 22.6. The highest BCUT2D eigenvalue weighted by Gasteiger charge is 2.42. The van der Waals surface area contributed by atoms with Gasteiger partial charge in [-0.05, 0) is 163 Å². The van der Waals surface area contributed by atoms with E-state index in [0.29, 0.717) is 5.92 Å². The van der Waals surface area contributed by atoms with E-state index in [4.69, 9.17) is 0 Å². The second-order valence-corrected chi connectivity index (χ2v) is 19.2. The van der Waals surface area contributed by atoms with E-state index in [0.717, 1.165) is 25.2 Å². The lowest BCUT2D eigenvalue weighted by molar-refractivity contribution is 0.662. The summed E-state index contributed by atoms with van der Waals surface area (Å²) in [6.45, 7) is 40.9. The number of aryl methyl sites for hydroxylation is 5. The zero-order valence-corrected chi connectivity index (χ0v) is 45.0. The molecule has 0 amide bonds. The van der Waals surface area contributed by atoms with Crippen LogP contribution in [0.25, 0.3) is 28.9 Å². The molecular formula is C70H84. The lowest BCUT2D eigenvalue weighted by atomic mass is 9.73. The van der Waals surface area contributed by atoms with Crippen LogP contribution in [0.4, 0.5) is 0 Å². The number of rotatable bonds is 12. The van der Waals surface area contributed by atoms with Gasteiger partial charge in [-0.3, -0.25) is 0 Å². The largest absolute Gasteiger partial charge is 0.0988 e. The van der Waals surface area contributed by atoms with Gasteiger partial charge in [-0.1, -0.05) is 260 Å². The van der Waals surface area contributed by atoms with Crippen LogP contribution in [-0.2, 0) is 5.41 Å². The zero-order valence-electron chi connectivity index (χ0n) is 45.0. The van der Waals surface area contributed by atoms with Gasteiger partial charge in [-0.2, -0.15) is 0 Å². The summed E-state index contributed by atoms with van der Waals surface area (Å²) in [5, 5.41) is 0. The molecule has 6 aromatic rings. The fourth-order valence-electron chi connectivity index (χ4n) is 9.53. The fourth-order valence-corrected chi connectivity index (χ4v) is 9.53. The molecule has 3 atom stereocenters. The molecule has 0 fully saturated rings. The Morgan fingerprint density at radius 3 is 1.66 bits per heavy atom. The monoisotopic (exact) mass is 925 g/mol. The van der Waals surface area contributed by atoms with E-state index in [1.165, 1.54) is 114 Å². The Bertz CT molecular complexity index is 2680. The normalized spacial score (nSPS) is 15.0. The Labute approximate surface area is 426 Å². The Morgan fingerprint density at radius 1 is 0.614 bits per heavy atom. The van der Waals surface area contributed by atoms with Crippen LogP contribution < -0.4 is 0 Å². The standard InChI is InChI=1S/C26H24.C20H28.C10H16.2C7H8/c1-6-20-18(4)16-24-25(21(20)7-2)22-14-13-17(3)15-23(22)26(24,5)19-11-9-8-10-12-19;1-7-12-18(9-3)20(15(4)8-2)17(6)19-14-11-10-13-16(19)5;1-3-9(2)10-7-5-4-6-8-10;2*1-7-5-3-2-4-6-7/h6-16H,1-2H2,3-5H3;9-11,13-15H,3,6-8,12H2,1-2,4-5H3;5,7-9H,3-4,6H2,1-2H3;2*2-6H,1H3/b;20-18+;;;. The molecule has 0 heterocycles. The first kappa shape index (κ1) is 56.1. The Hall–Kier alpha value is -6.50. The molecule has 0 spiro atoms. The van der Waals surface area contributed by atoms with Gasteiger partial charge in [-0.15, -0.1) is 0 Å². The maximum absolute atomic E-state index is 4.40. The predicted molar refractivity (Wildman–Crippen MR) is 314 cm³/mol. The van der Waals surface area contributed by atoms with Gasteiger partial charge in [0.2, 0.25) is 0 Å². The van der Waals surface area contributed by atoms with Crippen LogP contribution in [0.5, 0.6) is 0 Å². The molecule has 6 aromatic carbocycles. The van der Waals surface area contributed by atoms with Crippen molar-refractivity contribution in [3.63, 3.8) is 0 Å². The number of hydrogen-bond donors (Lipinski definition) is 0. The molecule has 0 N–H and O–H groups in total. The first-order chi connectivity index (χ1) is 33.7. The summed E-state index contributed by atoms with van der Waals surface area (Å²) < 4.78 is 0. The molecule has 0 heteroatoms. The molecule has 70 heavy (non-hydrogen) atoms. The summed E-state index contributed by atoms with van der Waals surface area (Å²) in [6.07, 6.45) is 20.0. The minimum absolute atomic E-state index is 0.167. The van der Waals surface area contributed by atoms with Crippen molar-refractivity contribution in [2.24, 2.45) is 11.8 Å². The molecule has 3 unspecified atom stereocenters. The molecule has 0 bridgehead atoms. The molecule has 2 aliphatic carbocycles. The van der Waals surface area contributed by atoms with E-state index in [1.807, 2.05) is 54.6 Å². The summed E-state index contributed by atoms with van der Waals surface area (Å²) in [6, 6.07) is 49.0. The van der Waals surface area contributed by atoms with Gasteiger partial charge in [-0.25, -0.2) is 0 Å². The second-order valence-electron chi connectivity index (χ2n) is 19.2. The van der Waals surface area contributed by atoms with Crippen molar-refractivity contribution in [1.82, 2.24) is 0 Å². The van der Waals surface area contributed by atoms with E-state index in [2.05, 4.69) is 224 Å². The summed E-state index contributed by atoms with van der Waals surface area (Å²) in [7, 11) is 0. The highest BCUT2D eigenvalue weighted by molar-refractivity contribution is 5.92. The average molecular weight is 925 g/mol. The second kappa shape index (κ2) is 28.2. The van der Waals surface area contributed by atoms with Crippen molar-refractivity contribution < 1.29 is 0 Å². The molecule has 0 nitrogen and oxygen atoms in total. The molecule has 364 valence electrons. The van der Waals surface area contributed by atoms with Crippen molar-refractivity contribution >= 4 is 17.7 Å². The van der Waals surface area contributed by atoms with Crippen LogP contribution in [0.15, 0.2) is 207 Å². The van der Waals surface area contributed by atoms with Crippen LogP contribution in [0.1, 0.15) is 141 Å². The molecule has 2 aliphatic rings. The van der Waals surface area contributed by atoms with Gasteiger partial charge in [0.1, 0.15) is 0 Å². The van der Waals surface area contributed by atoms with E-state index >= 15 is 0 Å². The first-order valence-corrected chi connectivity index (χ1v) is 25.8. The van der Waals surface area contributed by atoms with Crippen LogP contribution in [0.2, 0.25) is 0 Å². The molecule has 0 aliphatic heterocycles. The lowest BCUT2D eigenvalue weighted by Crippen LogP contribution is -2.22. The van der Waals surface area contributed by atoms with Crippen molar-refractivity contribution in [2.45, 2.75) is 120 Å². The summed E-state index contributed by atoms with van der Waals surface area (Å²) in [5.74, 6) is 1.28. The number of hydrogen-bond acceptors (Lipinski definition) is 0. The van der Waals surface area contributed by atoms with Crippen molar-refractivity contribution in [2.75, 3.05) is 0 Å². The highest BCUT2D eigenvalue weighted by atomic mass is 14.4. The average Bonchev–Trinajstić information content (AvgIpc) is 3.63. The van der Waals surface area contributed by atoms with Crippen LogP contribution in [-0.4, -0.2) is 0 Å². The van der Waals surface area contributed by atoms with E-state index in [-0.39, 0.29) is 5.41 Å². The van der Waals surface area contributed by atoms with Gasteiger partial charge in [0.15, 0.2) is 0 Å². The molecular weight excluding hydrogens is 841 g/mol. The summed E-state index contributed by atoms with van der Waals surface area (Å²) in [4.78, 5) is 0. The molecule has 0 saturated carbocycles. The summed E-state index contributed by atoms with van der Waals surface area (Å²) in [5.41, 5.74) is 22.1. The van der Waals surface area contributed by atoms with E-state index < -0.39 is 0 Å². The van der Waals surface area contributed by atoms with E-state index in [1.54, 1.807) is 0 Å². The van der Waals surface area contributed by atoms with Crippen LogP contribution in [0.3, 0.4) is 0 Å². The predicted octanol–water partition coefficient (Wildman–Crippen LogP) is 20.6. The van der Waals surface area contributed by atoms with E-state index in [9.17, 15) is 0 Å².